The van der Waals surface area contributed by atoms with E-state index in [-0.39, 0.29) is 45.4 Å². The van der Waals surface area contributed by atoms with E-state index in [0.717, 1.165) is 0 Å². The summed E-state index contributed by atoms with van der Waals surface area (Å²) >= 11 is 12.7. The van der Waals surface area contributed by atoms with Gasteiger partial charge in [-0.05, 0) is 18.1 Å². The second-order valence-corrected chi connectivity index (χ2v) is 9.32. The molecule has 1 saturated heterocycles. The molecule has 1 aliphatic rings. The first-order valence-corrected chi connectivity index (χ1v) is 12.2. The van der Waals surface area contributed by atoms with Crippen molar-refractivity contribution in [2.75, 3.05) is 13.2 Å². The summed E-state index contributed by atoms with van der Waals surface area (Å²) in [5.74, 6) is -0.142. The van der Waals surface area contributed by atoms with Crippen LogP contribution in [0.2, 0.25) is 10.0 Å². The first kappa shape index (κ1) is 27.8. The molecule has 4 rings (SSSR count). The fraction of sp³-hybridized carbons (Fsp3) is 0.348. The van der Waals surface area contributed by atoms with Gasteiger partial charge in [0, 0.05) is 18.1 Å². The van der Waals surface area contributed by atoms with Crippen molar-refractivity contribution >= 4 is 29.4 Å². The number of nitrogens with one attached hydrogen (secondary N) is 1. The van der Waals surface area contributed by atoms with E-state index in [9.17, 15) is 24.4 Å². The number of H-pyrrole nitrogens is 1. The molecule has 3 heterocycles. The maximum absolute atomic E-state index is 13.1. The molecule has 0 bridgehead atoms. The van der Waals surface area contributed by atoms with Crippen molar-refractivity contribution in [3.05, 3.63) is 70.7 Å². The Balaban J connectivity index is 1.65. The van der Waals surface area contributed by atoms with Gasteiger partial charge in [-0.3, -0.25) is 9.59 Å². The molecule has 1 atom stereocenters. The predicted molar refractivity (Wildman–Crippen MR) is 135 cm³/mol. The highest BCUT2D eigenvalue weighted by molar-refractivity contribution is 6.37. The van der Waals surface area contributed by atoms with Crippen LogP contribution in [-0.2, 0) is 20.9 Å². The van der Waals surface area contributed by atoms with Crippen LogP contribution in [0, 0.1) is 11.3 Å². The topological polar surface area (TPSA) is 180 Å². The van der Waals surface area contributed by atoms with Gasteiger partial charge < -0.3 is 18.9 Å². The van der Waals surface area contributed by atoms with Crippen molar-refractivity contribution in [3.63, 3.8) is 0 Å². The van der Waals surface area contributed by atoms with Crippen molar-refractivity contribution in [3.8, 4) is 23.4 Å². The summed E-state index contributed by atoms with van der Waals surface area (Å²) in [5.41, 5.74) is -2.78. The zero-order chi connectivity index (χ0) is 28.3. The summed E-state index contributed by atoms with van der Waals surface area (Å²) in [7, 11) is 0. The highest BCUT2D eigenvalue weighted by Crippen LogP contribution is 2.37. The van der Waals surface area contributed by atoms with Gasteiger partial charge in [0.15, 0.2) is 12.5 Å². The largest absolute Gasteiger partial charge is 0.510 e. The highest BCUT2D eigenvalue weighted by atomic mass is 35.5. The van der Waals surface area contributed by atoms with E-state index in [1.807, 2.05) is 13.8 Å². The monoisotopic (exact) mass is 578 g/mol. The van der Waals surface area contributed by atoms with Crippen molar-refractivity contribution in [1.82, 2.24) is 24.5 Å². The van der Waals surface area contributed by atoms with E-state index in [2.05, 4.69) is 15.3 Å². The molecule has 16 heteroatoms. The Kier molecular flexibility index (Phi) is 8.34. The molecule has 1 N–H and O–H groups in total. The summed E-state index contributed by atoms with van der Waals surface area (Å²) in [6.07, 6.45) is -1.15. The molecule has 0 radical (unpaired) electrons. The molecule has 0 spiro atoms. The third kappa shape index (κ3) is 6.11. The average Bonchev–Trinajstić information content (AvgIpc) is 3.40. The number of benzene rings is 1. The van der Waals surface area contributed by atoms with Gasteiger partial charge in [0.25, 0.3) is 11.1 Å². The Labute approximate surface area is 229 Å². The lowest BCUT2D eigenvalue weighted by atomic mass is 10.1. The van der Waals surface area contributed by atoms with Crippen molar-refractivity contribution in [1.29, 1.82) is 5.26 Å². The van der Waals surface area contributed by atoms with Crippen LogP contribution in [0.4, 0.5) is 4.79 Å². The van der Waals surface area contributed by atoms with Gasteiger partial charge >= 0.3 is 11.8 Å². The Morgan fingerprint density at radius 1 is 1.26 bits per heavy atom. The van der Waals surface area contributed by atoms with Crippen LogP contribution in [0.15, 0.2) is 32.6 Å². The summed E-state index contributed by atoms with van der Waals surface area (Å²) in [5, 5.41) is 19.2. The molecule has 1 aliphatic heterocycles. The van der Waals surface area contributed by atoms with E-state index in [1.54, 1.807) is 6.07 Å². The number of ether oxygens (including phenoxy) is 4. The van der Waals surface area contributed by atoms with E-state index >= 15 is 0 Å². The van der Waals surface area contributed by atoms with E-state index in [0.29, 0.717) is 27.8 Å². The lowest BCUT2D eigenvalue weighted by Gasteiger charge is -2.14. The molecule has 0 aliphatic carbocycles. The number of nitrogens with zero attached hydrogens (tertiary/aromatic N) is 5. The molecular weight excluding hydrogens is 559 g/mol. The van der Waals surface area contributed by atoms with E-state index < -0.39 is 35.9 Å². The van der Waals surface area contributed by atoms with Crippen LogP contribution in [0.1, 0.15) is 37.4 Å². The van der Waals surface area contributed by atoms with Crippen molar-refractivity contribution in [2.24, 2.45) is 0 Å². The summed E-state index contributed by atoms with van der Waals surface area (Å²) in [6, 6.07) is 5.53. The molecular formula is C23H20Cl2N6O8. The Hall–Kier alpha value is -4.19. The van der Waals surface area contributed by atoms with Crippen LogP contribution in [-0.4, -0.2) is 50.0 Å². The Bertz CT molecular complexity index is 1610. The van der Waals surface area contributed by atoms with Crippen molar-refractivity contribution < 1.29 is 23.7 Å². The third-order valence-electron chi connectivity index (χ3n) is 5.49. The van der Waals surface area contributed by atoms with Crippen LogP contribution in [0.3, 0.4) is 0 Å². The predicted octanol–water partition coefficient (Wildman–Crippen LogP) is 2.47. The lowest BCUT2D eigenvalue weighted by molar-refractivity contribution is 0.00202. The number of aromatic amines is 1. The minimum absolute atomic E-state index is 0.0126. The smallest absolute Gasteiger partial charge is 0.434 e. The molecule has 1 unspecified atom stereocenters. The molecule has 14 nitrogen and oxygen atoms in total. The zero-order valence-corrected chi connectivity index (χ0v) is 22.0. The van der Waals surface area contributed by atoms with Crippen LogP contribution in [0.25, 0.3) is 5.69 Å². The fourth-order valence-electron chi connectivity index (χ4n) is 3.51. The zero-order valence-electron chi connectivity index (χ0n) is 20.5. The molecule has 0 amide bonds. The van der Waals surface area contributed by atoms with Crippen LogP contribution < -0.4 is 21.5 Å². The summed E-state index contributed by atoms with van der Waals surface area (Å²) in [4.78, 5) is 49.6. The minimum atomic E-state index is -1.12. The number of rotatable bonds is 7. The standard InChI is InChI=1S/C23H20Cl2N6O8/c1-11(2)14-7-18(27-28-20(14)32)39-19-15(24)5-12(6-16(19)25)31-22(34)30(21(33)17(8-26)29-31)10-37-23(35)38-13-3-4-36-9-13/h5-7,11,13H,3-4,9-10H2,1-2H3,(H,28,32). The van der Waals surface area contributed by atoms with Gasteiger partial charge in [-0.15, -0.1) is 10.2 Å². The second-order valence-electron chi connectivity index (χ2n) is 8.50. The fourth-order valence-corrected chi connectivity index (χ4v) is 4.07. The number of carbonyl (C=O) groups excluding carboxylic acids is 1. The van der Waals surface area contributed by atoms with Gasteiger partial charge in [-0.1, -0.05) is 37.0 Å². The van der Waals surface area contributed by atoms with Gasteiger partial charge in [0.2, 0.25) is 11.6 Å². The Morgan fingerprint density at radius 3 is 2.59 bits per heavy atom. The molecule has 3 aromatic rings. The number of halogens is 2. The van der Waals surface area contributed by atoms with E-state index in [1.165, 1.54) is 18.2 Å². The molecule has 1 fully saturated rings. The number of hydrogen-bond donors (Lipinski definition) is 1. The lowest BCUT2D eigenvalue weighted by Crippen LogP contribution is -2.43. The van der Waals surface area contributed by atoms with Gasteiger partial charge in [-0.25, -0.2) is 19.3 Å². The van der Waals surface area contributed by atoms with Gasteiger partial charge in [-0.2, -0.15) is 9.94 Å². The highest BCUT2D eigenvalue weighted by Gasteiger charge is 2.23. The molecule has 0 saturated carbocycles. The summed E-state index contributed by atoms with van der Waals surface area (Å²) in [6.45, 7) is 3.42. The first-order valence-electron chi connectivity index (χ1n) is 11.4. The van der Waals surface area contributed by atoms with Crippen molar-refractivity contribution in [2.45, 2.75) is 39.0 Å². The molecule has 1 aromatic carbocycles. The second kappa shape index (κ2) is 11.7. The van der Waals surface area contributed by atoms with Crippen LogP contribution >= 0.6 is 23.2 Å². The maximum Gasteiger partial charge on any atom is 0.510 e. The molecule has 2 aromatic heterocycles. The number of nitriles is 1. The number of carbonyl (C=O) groups is 1. The Morgan fingerprint density at radius 2 is 1.97 bits per heavy atom. The normalized spacial score (nSPS) is 14.7. The maximum atomic E-state index is 13.1. The van der Waals surface area contributed by atoms with Gasteiger partial charge in [0.05, 0.1) is 28.9 Å². The number of hydrogen-bond acceptors (Lipinski definition) is 11. The molecule has 204 valence electrons. The average molecular weight is 579 g/mol. The SMILES string of the molecule is CC(C)c1cc(Oc2c(Cl)cc(-n3nc(C#N)c(=O)n(COC(=O)OC4CCOC4)c3=O)cc2Cl)n[nH]c1=O. The number of aromatic nitrogens is 5. The minimum Gasteiger partial charge on any atom is -0.434 e. The molecule has 39 heavy (non-hydrogen) atoms. The first-order chi connectivity index (χ1) is 18.6. The quantitative estimate of drug-likeness (QED) is 0.406. The summed E-state index contributed by atoms with van der Waals surface area (Å²) < 4.78 is 21.9. The van der Waals surface area contributed by atoms with Crippen LogP contribution in [0.5, 0.6) is 11.6 Å². The van der Waals surface area contributed by atoms with Gasteiger partial charge in [0.1, 0.15) is 12.2 Å². The van der Waals surface area contributed by atoms with E-state index in [4.69, 9.17) is 42.1 Å². The third-order valence-corrected chi connectivity index (χ3v) is 6.05.